The summed E-state index contributed by atoms with van der Waals surface area (Å²) in [6.07, 6.45) is 6.69. The molecule has 2 aliphatic rings. The topological polar surface area (TPSA) is 6.48 Å². The highest BCUT2D eigenvalue weighted by atomic mass is 15.3. The van der Waals surface area contributed by atoms with Gasteiger partial charge in [0.25, 0.3) is 0 Å². The Morgan fingerprint density at radius 2 is 1.30 bits per heavy atom. The van der Waals surface area contributed by atoms with Crippen molar-refractivity contribution in [1.82, 2.24) is 0 Å². The van der Waals surface area contributed by atoms with Crippen molar-refractivity contribution in [3.05, 3.63) is 108 Å². The van der Waals surface area contributed by atoms with Crippen LogP contribution in [0.2, 0.25) is 0 Å². The number of aryl methyl sites for hydroxylation is 1. The molecule has 2 heteroatoms. The molecule has 0 atom stereocenters. The van der Waals surface area contributed by atoms with E-state index in [2.05, 4.69) is 108 Å². The first-order valence-corrected chi connectivity index (χ1v) is 9.53. The van der Waals surface area contributed by atoms with Gasteiger partial charge < -0.3 is 9.80 Å². The molecule has 0 spiro atoms. The van der Waals surface area contributed by atoms with E-state index in [1.165, 1.54) is 39.7 Å². The van der Waals surface area contributed by atoms with Crippen LogP contribution >= 0.6 is 0 Å². The summed E-state index contributed by atoms with van der Waals surface area (Å²) in [7, 11) is 0. The molecule has 0 saturated heterocycles. The molecule has 5 rings (SSSR count). The van der Waals surface area contributed by atoms with Crippen molar-refractivity contribution in [2.75, 3.05) is 9.80 Å². The van der Waals surface area contributed by atoms with Crippen LogP contribution in [0.5, 0.6) is 0 Å². The number of para-hydroxylation sites is 3. The van der Waals surface area contributed by atoms with Crippen molar-refractivity contribution in [2.24, 2.45) is 0 Å². The summed E-state index contributed by atoms with van der Waals surface area (Å²) in [6.45, 7) is 2.14. The molecule has 3 aromatic carbocycles. The van der Waals surface area contributed by atoms with Gasteiger partial charge in [0.05, 0.1) is 17.1 Å². The van der Waals surface area contributed by atoms with E-state index in [4.69, 9.17) is 0 Å². The molecule has 2 nitrogen and oxygen atoms in total. The van der Waals surface area contributed by atoms with Crippen LogP contribution < -0.4 is 9.80 Å². The molecule has 0 amide bonds. The first-order chi connectivity index (χ1) is 13.3. The molecule has 0 fully saturated rings. The molecule has 3 aromatic rings. The Morgan fingerprint density at radius 1 is 0.667 bits per heavy atom. The van der Waals surface area contributed by atoms with E-state index < -0.39 is 0 Å². The van der Waals surface area contributed by atoms with Crippen LogP contribution in [0.1, 0.15) is 18.4 Å². The predicted octanol–water partition coefficient (Wildman–Crippen LogP) is 6.85. The predicted molar refractivity (Wildman–Crippen MR) is 114 cm³/mol. The van der Waals surface area contributed by atoms with E-state index in [0.717, 1.165) is 12.8 Å². The molecule has 0 aromatic heterocycles. The molecule has 132 valence electrons. The largest absolute Gasteiger partial charge is 0.310 e. The third-order valence-corrected chi connectivity index (χ3v) is 5.30. The zero-order chi connectivity index (χ0) is 18.2. The van der Waals surface area contributed by atoms with Crippen molar-refractivity contribution in [2.45, 2.75) is 19.8 Å². The lowest BCUT2D eigenvalue weighted by atomic mass is 9.98. The number of fused-ring (bicyclic) bond motifs is 1. The summed E-state index contributed by atoms with van der Waals surface area (Å²) < 4.78 is 0. The molecule has 1 aliphatic heterocycles. The average molecular weight is 350 g/mol. The average Bonchev–Trinajstić information content (AvgIpc) is 2.73. The van der Waals surface area contributed by atoms with Crippen LogP contribution in [0.3, 0.4) is 0 Å². The molecule has 0 bridgehead atoms. The molecule has 27 heavy (non-hydrogen) atoms. The van der Waals surface area contributed by atoms with Gasteiger partial charge in [0.2, 0.25) is 0 Å². The first-order valence-electron chi connectivity index (χ1n) is 9.53. The van der Waals surface area contributed by atoms with Gasteiger partial charge in [0, 0.05) is 17.1 Å². The summed E-state index contributed by atoms with van der Waals surface area (Å²) in [4.78, 5) is 4.83. The van der Waals surface area contributed by atoms with Crippen LogP contribution in [0, 0.1) is 6.92 Å². The van der Waals surface area contributed by atoms with E-state index >= 15 is 0 Å². The second kappa shape index (κ2) is 6.48. The number of benzene rings is 3. The van der Waals surface area contributed by atoms with Crippen LogP contribution in [-0.4, -0.2) is 0 Å². The molecule has 1 aliphatic carbocycles. The van der Waals surface area contributed by atoms with E-state index in [0.29, 0.717) is 0 Å². The van der Waals surface area contributed by atoms with Crippen molar-refractivity contribution in [3.63, 3.8) is 0 Å². The Kier molecular flexibility index (Phi) is 3.83. The van der Waals surface area contributed by atoms with Crippen molar-refractivity contribution < 1.29 is 0 Å². The molecule has 0 saturated carbocycles. The highest BCUT2D eigenvalue weighted by Gasteiger charge is 2.31. The quantitative estimate of drug-likeness (QED) is 0.499. The molecular weight excluding hydrogens is 328 g/mol. The molecule has 1 heterocycles. The Hall–Kier alpha value is -3.26. The van der Waals surface area contributed by atoms with Crippen molar-refractivity contribution >= 4 is 22.7 Å². The van der Waals surface area contributed by atoms with Gasteiger partial charge in [-0.1, -0.05) is 54.1 Å². The fourth-order valence-electron chi connectivity index (χ4n) is 4.03. The van der Waals surface area contributed by atoms with Gasteiger partial charge in [-0.15, -0.1) is 0 Å². The van der Waals surface area contributed by atoms with Crippen LogP contribution in [-0.2, 0) is 0 Å². The third kappa shape index (κ3) is 2.65. The SMILES string of the molecule is Cc1ccc(N2C3=C(CCC=C3)N(c3ccccc3)c3ccccc32)cc1. The second-order valence-electron chi connectivity index (χ2n) is 7.10. The number of allylic oxidation sites excluding steroid dienone is 3. The fourth-order valence-corrected chi connectivity index (χ4v) is 4.03. The third-order valence-electron chi connectivity index (χ3n) is 5.30. The standard InChI is InChI=1S/C25H22N2/c1-19-15-17-21(18-16-19)27-24-13-7-5-11-22(24)26(20-9-3-2-4-10-20)23-12-6-8-14-25(23)27/h2-5,7-11,13-18H,6,12H2,1H3. The van der Waals surface area contributed by atoms with Crippen LogP contribution in [0.4, 0.5) is 22.7 Å². The number of rotatable bonds is 2. The lowest BCUT2D eigenvalue weighted by molar-refractivity contribution is 0.868. The van der Waals surface area contributed by atoms with Gasteiger partial charge in [-0.3, -0.25) is 0 Å². The minimum absolute atomic E-state index is 1.04. The summed E-state index contributed by atoms with van der Waals surface area (Å²) in [6, 6.07) is 28.2. The second-order valence-corrected chi connectivity index (χ2v) is 7.10. The van der Waals surface area contributed by atoms with Crippen LogP contribution in [0.25, 0.3) is 0 Å². The Bertz CT molecular complexity index is 1030. The lowest BCUT2D eigenvalue weighted by Crippen LogP contribution is -2.32. The van der Waals surface area contributed by atoms with Crippen LogP contribution in [0.15, 0.2) is 102 Å². The Balaban J connectivity index is 1.76. The van der Waals surface area contributed by atoms with Gasteiger partial charge in [-0.2, -0.15) is 0 Å². The Morgan fingerprint density at radius 3 is 2.04 bits per heavy atom. The number of hydrogen-bond acceptors (Lipinski definition) is 2. The highest BCUT2D eigenvalue weighted by molar-refractivity contribution is 5.90. The minimum atomic E-state index is 1.04. The Labute approximate surface area is 160 Å². The molecule has 0 N–H and O–H groups in total. The fraction of sp³-hybridized carbons (Fsp3) is 0.120. The van der Waals surface area contributed by atoms with Gasteiger partial charge >= 0.3 is 0 Å². The molecular formula is C25H22N2. The van der Waals surface area contributed by atoms with E-state index in [1.54, 1.807) is 0 Å². The zero-order valence-corrected chi connectivity index (χ0v) is 15.5. The van der Waals surface area contributed by atoms with E-state index in [1.807, 2.05) is 0 Å². The van der Waals surface area contributed by atoms with E-state index in [-0.39, 0.29) is 0 Å². The van der Waals surface area contributed by atoms with E-state index in [9.17, 15) is 0 Å². The summed E-state index contributed by atoms with van der Waals surface area (Å²) in [5.74, 6) is 0. The molecule has 0 unspecified atom stereocenters. The zero-order valence-electron chi connectivity index (χ0n) is 15.5. The summed E-state index contributed by atoms with van der Waals surface area (Å²) in [5.41, 5.74) is 8.80. The van der Waals surface area contributed by atoms with Crippen molar-refractivity contribution in [3.8, 4) is 0 Å². The monoisotopic (exact) mass is 350 g/mol. The number of nitrogens with zero attached hydrogens (tertiary/aromatic N) is 2. The minimum Gasteiger partial charge on any atom is -0.310 e. The molecule has 0 radical (unpaired) electrons. The van der Waals surface area contributed by atoms with Crippen molar-refractivity contribution in [1.29, 1.82) is 0 Å². The normalized spacial score (nSPS) is 15.6. The highest BCUT2D eigenvalue weighted by Crippen LogP contribution is 2.49. The maximum absolute atomic E-state index is 2.43. The van der Waals surface area contributed by atoms with Gasteiger partial charge in [-0.25, -0.2) is 0 Å². The van der Waals surface area contributed by atoms with Gasteiger partial charge in [-0.05, 0) is 62.2 Å². The maximum atomic E-state index is 2.43. The van der Waals surface area contributed by atoms with Gasteiger partial charge in [0.1, 0.15) is 0 Å². The number of hydrogen-bond donors (Lipinski definition) is 0. The van der Waals surface area contributed by atoms with Gasteiger partial charge in [0.15, 0.2) is 0 Å². The maximum Gasteiger partial charge on any atom is 0.0703 e. The summed E-state index contributed by atoms with van der Waals surface area (Å²) in [5, 5.41) is 0. The smallest absolute Gasteiger partial charge is 0.0703 e. The lowest BCUT2D eigenvalue weighted by Gasteiger charge is -2.42. The number of anilines is 4. The summed E-state index contributed by atoms with van der Waals surface area (Å²) >= 11 is 0. The first kappa shape index (κ1) is 16.0.